The van der Waals surface area contributed by atoms with Gasteiger partial charge in [-0.15, -0.1) is 0 Å². The fourth-order valence-electron chi connectivity index (χ4n) is 3.48. The van der Waals surface area contributed by atoms with Gasteiger partial charge < -0.3 is 5.32 Å². The molecule has 1 fully saturated rings. The third kappa shape index (κ3) is 4.99. The lowest BCUT2D eigenvalue weighted by Crippen LogP contribution is -2.46. The molecule has 1 aromatic heterocycles. The Morgan fingerprint density at radius 1 is 1.07 bits per heavy atom. The molecule has 1 saturated carbocycles. The molecule has 0 saturated heterocycles. The van der Waals surface area contributed by atoms with Crippen molar-refractivity contribution in [3.8, 4) is 0 Å². The Hall–Kier alpha value is -1.66. The van der Waals surface area contributed by atoms with Crippen molar-refractivity contribution in [2.24, 2.45) is 5.92 Å². The van der Waals surface area contributed by atoms with Crippen LogP contribution in [0.4, 0.5) is 5.69 Å². The highest BCUT2D eigenvalue weighted by molar-refractivity contribution is 7.90. The van der Waals surface area contributed by atoms with Gasteiger partial charge in [-0.1, -0.05) is 6.07 Å². The van der Waals surface area contributed by atoms with Crippen LogP contribution in [0, 0.1) is 12.8 Å². The summed E-state index contributed by atoms with van der Waals surface area (Å²) in [6.45, 7) is 8.15. The minimum absolute atomic E-state index is 0.0699. The van der Waals surface area contributed by atoms with Gasteiger partial charge >= 0.3 is 0 Å². The number of anilines is 1. The number of hydrogen-bond donors (Lipinski definition) is 2. The minimum atomic E-state index is -3.27. The molecule has 0 spiro atoms. The van der Waals surface area contributed by atoms with Crippen LogP contribution in [-0.4, -0.2) is 30.7 Å². The zero-order valence-electron chi connectivity index (χ0n) is 16.7. The Morgan fingerprint density at radius 3 is 2.44 bits per heavy atom. The lowest BCUT2D eigenvalue weighted by molar-refractivity contribution is 0.322. The second kappa shape index (κ2) is 7.76. The zero-order chi connectivity index (χ0) is 19.7. The van der Waals surface area contributed by atoms with E-state index in [4.69, 9.17) is 0 Å². The zero-order valence-corrected chi connectivity index (χ0v) is 17.6. The molecule has 2 aromatic rings. The van der Waals surface area contributed by atoms with Crippen LogP contribution in [0.2, 0.25) is 0 Å². The van der Waals surface area contributed by atoms with Gasteiger partial charge in [0.2, 0.25) is 10.0 Å². The number of rotatable bonds is 5. The number of sulfonamides is 1. The molecular formula is C21H31N3O2S. The number of pyridine rings is 1. The number of nitrogens with zero attached hydrogens (tertiary/aromatic N) is 1. The van der Waals surface area contributed by atoms with E-state index in [-0.39, 0.29) is 6.04 Å². The van der Waals surface area contributed by atoms with E-state index in [1.807, 2.05) is 13.0 Å². The smallest absolute Gasteiger partial charge is 0.216 e. The molecule has 0 unspecified atom stereocenters. The first kappa shape index (κ1) is 20.1. The summed E-state index contributed by atoms with van der Waals surface area (Å²) in [5.74, 6) is 0.576. The lowest BCUT2D eigenvalue weighted by Gasteiger charge is -2.31. The molecule has 1 aromatic carbocycles. The fraction of sp³-hybridized carbons (Fsp3) is 0.571. The van der Waals surface area contributed by atoms with Gasteiger partial charge in [0.15, 0.2) is 0 Å². The number of nitrogens with one attached hydrogen (secondary N) is 2. The Kier molecular flexibility index (Phi) is 5.77. The molecule has 2 N–H and O–H groups in total. The van der Waals surface area contributed by atoms with Gasteiger partial charge in [0, 0.05) is 29.4 Å². The van der Waals surface area contributed by atoms with Crippen molar-refractivity contribution in [2.75, 3.05) is 11.9 Å². The standard InChI is InChI=1S/C21H31N3O2S/c1-15-5-8-17-13-19(11-12-20(17)23-15)22-14-16-6-9-18(10-7-16)24-27(25,26)21(2,3)4/h5,8,11-13,16,18,22,24H,6-7,9-10,14H2,1-4H3/t16-,18-. The van der Waals surface area contributed by atoms with Crippen molar-refractivity contribution in [1.82, 2.24) is 9.71 Å². The van der Waals surface area contributed by atoms with Crippen LogP contribution in [0.1, 0.15) is 52.1 Å². The SMILES string of the molecule is Cc1ccc2cc(NC[C@H]3CC[C@H](NS(=O)(=O)C(C)(C)C)CC3)ccc2n1. The number of fused-ring (bicyclic) bond motifs is 1. The summed E-state index contributed by atoms with van der Waals surface area (Å²) in [6, 6.07) is 10.5. The lowest BCUT2D eigenvalue weighted by atomic mass is 9.86. The third-order valence-corrected chi connectivity index (χ3v) is 7.65. The molecule has 148 valence electrons. The highest BCUT2D eigenvalue weighted by Gasteiger charge is 2.32. The molecule has 3 rings (SSSR count). The Balaban J connectivity index is 1.50. The Labute approximate surface area is 163 Å². The second-order valence-electron chi connectivity index (χ2n) is 8.69. The molecule has 0 amide bonds. The van der Waals surface area contributed by atoms with E-state index < -0.39 is 14.8 Å². The summed E-state index contributed by atoms with van der Waals surface area (Å²) in [7, 11) is -3.27. The highest BCUT2D eigenvalue weighted by Crippen LogP contribution is 2.27. The molecule has 1 aliphatic rings. The monoisotopic (exact) mass is 389 g/mol. The van der Waals surface area contributed by atoms with Crippen molar-refractivity contribution in [1.29, 1.82) is 0 Å². The maximum atomic E-state index is 12.3. The van der Waals surface area contributed by atoms with E-state index in [1.165, 1.54) is 0 Å². The average Bonchev–Trinajstić information content (AvgIpc) is 2.60. The van der Waals surface area contributed by atoms with Crippen LogP contribution < -0.4 is 10.0 Å². The van der Waals surface area contributed by atoms with Crippen molar-refractivity contribution < 1.29 is 8.42 Å². The van der Waals surface area contributed by atoms with Gasteiger partial charge in [0.1, 0.15) is 0 Å². The molecule has 6 heteroatoms. The molecular weight excluding hydrogens is 358 g/mol. The minimum Gasteiger partial charge on any atom is -0.385 e. The van der Waals surface area contributed by atoms with Gasteiger partial charge in [-0.3, -0.25) is 4.98 Å². The fourth-order valence-corrected chi connectivity index (χ4v) is 4.51. The van der Waals surface area contributed by atoms with Crippen molar-refractivity contribution >= 4 is 26.6 Å². The van der Waals surface area contributed by atoms with Gasteiger partial charge in [-0.2, -0.15) is 0 Å². The quantitative estimate of drug-likeness (QED) is 0.803. The summed E-state index contributed by atoms with van der Waals surface area (Å²) in [6.07, 6.45) is 3.89. The van der Waals surface area contributed by atoms with E-state index in [1.54, 1.807) is 20.8 Å². The van der Waals surface area contributed by atoms with E-state index in [2.05, 4.69) is 39.3 Å². The normalized spacial score (nSPS) is 21.3. The Morgan fingerprint density at radius 2 is 1.78 bits per heavy atom. The highest BCUT2D eigenvalue weighted by atomic mass is 32.2. The Bertz CT molecular complexity index is 895. The average molecular weight is 390 g/mol. The van der Waals surface area contributed by atoms with Crippen molar-refractivity contribution in [3.05, 3.63) is 36.0 Å². The molecule has 27 heavy (non-hydrogen) atoms. The molecule has 1 heterocycles. The number of aromatic nitrogens is 1. The number of benzene rings is 1. The van der Waals surface area contributed by atoms with E-state index in [0.717, 1.165) is 54.5 Å². The first-order valence-electron chi connectivity index (χ1n) is 9.77. The summed E-state index contributed by atoms with van der Waals surface area (Å²) in [5, 5.41) is 4.69. The molecule has 0 aliphatic heterocycles. The van der Waals surface area contributed by atoms with Crippen LogP contribution in [0.5, 0.6) is 0 Å². The van der Waals surface area contributed by atoms with Crippen LogP contribution in [0.15, 0.2) is 30.3 Å². The largest absolute Gasteiger partial charge is 0.385 e. The molecule has 0 atom stereocenters. The first-order valence-corrected chi connectivity index (χ1v) is 11.3. The predicted molar refractivity (Wildman–Crippen MR) is 113 cm³/mol. The van der Waals surface area contributed by atoms with Gasteiger partial charge in [-0.25, -0.2) is 13.1 Å². The molecule has 0 bridgehead atoms. The van der Waals surface area contributed by atoms with Crippen molar-refractivity contribution in [2.45, 2.75) is 64.2 Å². The molecule has 0 radical (unpaired) electrons. The topological polar surface area (TPSA) is 71.1 Å². The van der Waals surface area contributed by atoms with Gasteiger partial charge in [-0.05, 0) is 83.6 Å². The van der Waals surface area contributed by atoms with E-state index in [0.29, 0.717) is 5.92 Å². The van der Waals surface area contributed by atoms with Crippen LogP contribution in [-0.2, 0) is 10.0 Å². The third-order valence-electron chi connectivity index (χ3n) is 5.40. The van der Waals surface area contributed by atoms with Crippen LogP contribution in [0.25, 0.3) is 10.9 Å². The van der Waals surface area contributed by atoms with E-state index >= 15 is 0 Å². The predicted octanol–water partition coefficient (Wildman–Crippen LogP) is 4.23. The maximum absolute atomic E-state index is 12.3. The van der Waals surface area contributed by atoms with Crippen molar-refractivity contribution in [3.63, 3.8) is 0 Å². The number of aryl methyl sites for hydroxylation is 1. The maximum Gasteiger partial charge on any atom is 0.216 e. The van der Waals surface area contributed by atoms with Gasteiger partial charge in [0.05, 0.1) is 10.3 Å². The van der Waals surface area contributed by atoms with Crippen LogP contribution in [0.3, 0.4) is 0 Å². The number of hydrogen-bond acceptors (Lipinski definition) is 4. The summed E-state index contributed by atoms with van der Waals surface area (Å²) >= 11 is 0. The second-order valence-corrected chi connectivity index (χ2v) is 11.2. The summed E-state index contributed by atoms with van der Waals surface area (Å²) < 4.78 is 26.8. The summed E-state index contributed by atoms with van der Waals surface area (Å²) in [4.78, 5) is 4.54. The summed E-state index contributed by atoms with van der Waals surface area (Å²) in [5.41, 5.74) is 3.16. The first-order chi connectivity index (χ1) is 12.6. The van der Waals surface area contributed by atoms with Crippen LogP contribution >= 0.6 is 0 Å². The van der Waals surface area contributed by atoms with E-state index in [9.17, 15) is 8.42 Å². The molecule has 1 aliphatic carbocycles. The molecule has 5 nitrogen and oxygen atoms in total. The van der Waals surface area contributed by atoms with Gasteiger partial charge in [0.25, 0.3) is 0 Å².